The van der Waals surface area contributed by atoms with Crippen LogP contribution in [0.3, 0.4) is 0 Å². The summed E-state index contributed by atoms with van der Waals surface area (Å²) in [7, 11) is 12.2. The van der Waals surface area contributed by atoms with Gasteiger partial charge in [0.1, 0.15) is 0 Å². The van der Waals surface area contributed by atoms with Gasteiger partial charge in [0, 0.05) is 0 Å². The Bertz CT molecular complexity index is 295. The molecule has 1 aromatic rings. The molecule has 0 saturated heterocycles. The molecule has 0 saturated carbocycles. The molecule has 0 N–H and O–H groups in total. The average Bonchev–Trinajstić information content (AvgIpc) is 2.04. The largest absolute Gasteiger partial charge is 0.529 e. The summed E-state index contributed by atoms with van der Waals surface area (Å²) in [4.78, 5) is 0. The van der Waals surface area contributed by atoms with E-state index in [1.807, 2.05) is 12.1 Å². The summed E-state index contributed by atoms with van der Waals surface area (Å²) in [5.41, 5.74) is 2.54. The van der Waals surface area contributed by atoms with E-state index in [9.17, 15) is 0 Å². The smallest absolute Gasteiger partial charge is 0.233 e. The Balaban J connectivity index is 3.14. The summed E-state index contributed by atoms with van der Waals surface area (Å²) in [5.74, 6) is 0. The van der Waals surface area contributed by atoms with Gasteiger partial charge in [0.05, 0.1) is 0 Å². The Morgan fingerprint density at radius 2 is 1.69 bits per heavy atom. The van der Waals surface area contributed by atoms with Crippen molar-refractivity contribution in [2.75, 3.05) is 0 Å². The zero-order valence-electron chi connectivity index (χ0n) is 8.14. The minimum Gasteiger partial charge on any atom is -0.233 e. The van der Waals surface area contributed by atoms with Crippen LogP contribution in [0.2, 0.25) is 0 Å². The summed E-state index contributed by atoms with van der Waals surface area (Å²) < 4.78 is -0.0472. The fraction of sp³-hybridized carbons (Fsp3) is 0.400. The molecule has 0 aliphatic carbocycles. The molecule has 13 heavy (non-hydrogen) atoms. The standard InChI is InChI=1S/C10H13.Al.2ClH/c1-8(2)10-7-5-4-6-9(10)3;;;/h4-7H,1-3H3;;2*1H/q;+2;;/p-2. The van der Waals surface area contributed by atoms with Gasteiger partial charge in [0.2, 0.25) is 0 Å². The van der Waals surface area contributed by atoms with Crippen molar-refractivity contribution in [3.8, 4) is 0 Å². The van der Waals surface area contributed by atoms with Crippen molar-refractivity contribution < 1.29 is 0 Å². The van der Waals surface area contributed by atoms with Crippen LogP contribution in [-0.4, -0.2) is 12.3 Å². The molecule has 0 aromatic heterocycles. The van der Waals surface area contributed by atoms with Gasteiger partial charge in [-0.2, -0.15) is 0 Å². The molecule has 0 aliphatic rings. The zero-order chi connectivity index (χ0) is 10.1. The number of rotatable bonds is 2. The third-order valence-electron chi connectivity index (χ3n) is 2.38. The molecule has 1 rings (SSSR count). The fourth-order valence-corrected chi connectivity index (χ4v) is 2.68. The van der Waals surface area contributed by atoms with E-state index >= 15 is 0 Å². The van der Waals surface area contributed by atoms with E-state index in [0.717, 1.165) is 0 Å². The molecule has 0 amide bonds. The van der Waals surface area contributed by atoms with E-state index in [0.29, 0.717) is 0 Å². The molecule has 0 bridgehead atoms. The van der Waals surface area contributed by atoms with Gasteiger partial charge in [-0.25, -0.2) is 20.1 Å². The predicted molar refractivity (Wildman–Crippen MR) is 61.7 cm³/mol. The lowest BCUT2D eigenvalue weighted by molar-refractivity contribution is 0.748. The van der Waals surface area contributed by atoms with Crippen molar-refractivity contribution in [2.24, 2.45) is 0 Å². The molecule has 0 heterocycles. The zero-order valence-corrected chi connectivity index (χ0v) is 10.8. The Kier molecular flexibility index (Phi) is 3.72. The van der Waals surface area contributed by atoms with Gasteiger partial charge in [0.15, 0.2) is 0 Å². The van der Waals surface area contributed by atoms with Crippen molar-refractivity contribution in [3.05, 3.63) is 35.4 Å². The molecule has 1 aromatic carbocycles. The van der Waals surface area contributed by atoms with Gasteiger partial charge in [-0.3, -0.25) is 0 Å². The van der Waals surface area contributed by atoms with E-state index < -0.39 is 12.3 Å². The number of benzene rings is 1. The van der Waals surface area contributed by atoms with E-state index in [1.54, 1.807) is 0 Å². The molecule has 0 aliphatic heterocycles. The lowest BCUT2D eigenvalue weighted by Gasteiger charge is -2.25. The minimum atomic E-state index is -1.69. The Morgan fingerprint density at radius 3 is 2.15 bits per heavy atom. The number of halogens is 2. The van der Waals surface area contributed by atoms with E-state index in [-0.39, 0.29) is 4.28 Å². The number of hydrogen-bond acceptors (Lipinski definition) is 0. The highest BCUT2D eigenvalue weighted by atomic mass is 35.7. The van der Waals surface area contributed by atoms with Crippen molar-refractivity contribution in [1.29, 1.82) is 0 Å². The maximum atomic E-state index is 6.08. The maximum Gasteiger partial charge on any atom is 0.529 e. The van der Waals surface area contributed by atoms with Crippen LogP contribution in [-0.2, 0) is 4.28 Å². The first-order valence-electron chi connectivity index (χ1n) is 4.30. The first kappa shape index (κ1) is 11.4. The second-order valence-electron chi connectivity index (χ2n) is 3.84. The van der Waals surface area contributed by atoms with Crippen LogP contribution in [0.1, 0.15) is 25.0 Å². The predicted octanol–water partition coefficient (Wildman–Crippen LogP) is 3.78. The summed E-state index contributed by atoms with van der Waals surface area (Å²) in [6, 6.07) is 8.28. The first-order chi connectivity index (χ1) is 5.96. The molecule has 3 heteroatoms. The van der Waals surface area contributed by atoms with Gasteiger partial charge in [-0.05, 0) is 16.8 Å². The topological polar surface area (TPSA) is 0 Å². The first-order valence-corrected chi connectivity index (χ1v) is 8.37. The summed E-state index contributed by atoms with van der Waals surface area (Å²) in [5, 5.41) is 0. The molecule has 70 valence electrons. The second kappa shape index (κ2) is 4.24. The Hall–Kier alpha value is 0.332. The quantitative estimate of drug-likeness (QED) is 0.679. The monoisotopic (exact) mass is 230 g/mol. The highest BCUT2D eigenvalue weighted by Crippen LogP contribution is 2.31. The number of aryl methyl sites for hydroxylation is 1. The molecule has 0 spiro atoms. The molecule has 0 unspecified atom stereocenters. The van der Waals surface area contributed by atoms with Crippen LogP contribution < -0.4 is 0 Å². The molecular weight excluding hydrogens is 218 g/mol. The summed E-state index contributed by atoms with van der Waals surface area (Å²) in [6.07, 6.45) is 0. The van der Waals surface area contributed by atoms with Crippen molar-refractivity contribution in [3.63, 3.8) is 0 Å². The van der Waals surface area contributed by atoms with Crippen LogP contribution in [0.15, 0.2) is 24.3 Å². The van der Waals surface area contributed by atoms with E-state index in [2.05, 4.69) is 32.9 Å². The van der Waals surface area contributed by atoms with E-state index in [4.69, 9.17) is 20.1 Å². The number of hydrogen-bond donors (Lipinski definition) is 0. The van der Waals surface area contributed by atoms with Crippen LogP contribution in [0, 0.1) is 6.92 Å². The lowest BCUT2D eigenvalue weighted by Crippen LogP contribution is -2.30. The third-order valence-corrected chi connectivity index (χ3v) is 7.06. The van der Waals surface area contributed by atoms with Gasteiger partial charge in [-0.1, -0.05) is 43.7 Å². The van der Waals surface area contributed by atoms with Crippen molar-refractivity contribution >= 4 is 32.4 Å². The maximum absolute atomic E-state index is 6.08. The summed E-state index contributed by atoms with van der Waals surface area (Å²) in [6.45, 7) is 6.33. The van der Waals surface area contributed by atoms with Crippen LogP contribution in [0.4, 0.5) is 0 Å². The Labute approximate surface area is 92.7 Å². The Morgan fingerprint density at radius 1 is 1.15 bits per heavy atom. The molecule has 0 fully saturated rings. The minimum absolute atomic E-state index is 0.0472. The van der Waals surface area contributed by atoms with Gasteiger partial charge in [-0.15, -0.1) is 0 Å². The van der Waals surface area contributed by atoms with Crippen LogP contribution in [0.5, 0.6) is 0 Å². The molecular formula is C10H13AlCl2. The molecule has 0 atom stereocenters. The van der Waals surface area contributed by atoms with Gasteiger partial charge < -0.3 is 0 Å². The highest BCUT2D eigenvalue weighted by molar-refractivity contribution is 7.34. The molecule has 0 radical (unpaired) electrons. The lowest BCUT2D eigenvalue weighted by atomic mass is 9.97. The van der Waals surface area contributed by atoms with Gasteiger partial charge in [0.25, 0.3) is 0 Å². The van der Waals surface area contributed by atoms with Crippen LogP contribution in [0.25, 0.3) is 0 Å². The average molecular weight is 231 g/mol. The van der Waals surface area contributed by atoms with Gasteiger partial charge >= 0.3 is 12.3 Å². The fourth-order valence-electron chi connectivity index (χ4n) is 1.41. The normalized spacial score (nSPS) is 11.5. The van der Waals surface area contributed by atoms with Crippen molar-refractivity contribution in [2.45, 2.75) is 25.0 Å². The molecule has 0 nitrogen and oxygen atoms in total. The van der Waals surface area contributed by atoms with Crippen molar-refractivity contribution in [1.82, 2.24) is 0 Å². The summed E-state index contributed by atoms with van der Waals surface area (Å²) >= 11 is -1.69. The van der Waals surface area contributed by atoms with E-state index in [1.165, 1.54) is 11.1 Å². The highest BCUT2D eigenvalue weighted by Gasteiger charge is 2.36. The third kappa shape index (κ3) is 2.42. The van der Waals surface area contributed by atoms with Crippen LogP contribution >= 0.6 is 20.1 Å². The second-order valence-corrected chi connectivity index (χ2v) is 9.17. The SMILES string of the molecule is Cc1ccccc1[C](C)(C)[Al]([Cl])[Cl].